The van der Waals surface area contributed by atoms with Gasteiger partial charge in [0.15, 0.2) is 0 Å². The summed E-state index contributed by atoms with van der Waals surface area (Å²) >= 11 is 1.19. The summed E-state index contributed by atoms with van der Waals surface area (Å²) in [5, 5.41) is 13.5. The molecule has 1 atom stereocenters. The van der Waals surface area contributed by atoms with Gasteiger partial charge in [0.25, 0.3) is 0 Å². The minimum atomic E-state index is -0.542. The van der Waals surface area contributed by atoms with Crippen LogP contribution in [0.1, 0.15) is 6.92 Å². The monoisotopic (exact) mass is 254 g/mol. The largest absolute Gasteiger partial charge is 0.507 e. The van der Waals surface area contributed by atoms with E-state index < -0.39 is 17.2 Å². The SMILES string of the molecule is CNC(=O)NC(=O)C(C)Sc1ccccc1O. The lowest BCUT2D eigenvalue weighted by atomic mass is 10.3. The molecule has 0 aliphatic heterocycles. The van der Waals surface area contributed by atoms with Crippen LogP contribution in [0.2, 0.25) is 0 Å². The molecule has 0 fully saturated rings. The van der Waals surface area contributed by atoms with E-state index >= 15 is 0 Å². The van der Waals surface area contributed by atoms with Crippen molar-refractivity contribution in [3.05, 3.63) is 24.3 Å². The molecule has 0 aliphatic rings. The van der Waals surface area contributed by atoms with E-state index in [1.165, 1.54) is 18.8 Å². The average Bonchev–Trinajstić information content (AvgIpc) is 2.31. The van der Waals surface area contributed by atoms with E-state index in [4.69, 9.17) is 0 Å². The summed E-state index contributed by atoms with van der Waals surface area (Å²) in [5.41, 5.74) is 0. The van der Waals surface area contributed by atoms with Gasteiger partial charge in [-0.1, -0.05) is 12.1 Å². The number of imide groups is 1. The summed E-state index contributed by atoms with van der Waals surface area (Å²) in [5.74, 6) is -0.283. The van der Waals surface area contributed by atoms with E-state index in [1.807, 2.05) is 0 Å². The number of thioether (sulfide) groups is 1. The van der Waals surface area contributed by atoms with Gasteiger partial charge >= 0.3 is 6.03 Å². The van der Waals surface area contributed by atoms with Crippen LogP contribution in [-0.4, -0.2) is 29.3 Å². The average molecular weight is 254 g/mol. The molecule has 0 radical (unpaired) electrons. The van der Waals surface area contributed by atoms with Crippen molar-refractivity contribution < 1.29 is 14.7 Å². The Kier molecular flexibility index (Phi) is 4.84. The van der Waals surface area contributed by atoms with E-state index in [-0.39, 0.29) is 5.75 Å². The number of carbonyl (C=O) groups excluding carboxylic acids is 2. The zero-order valence-electron chi connectivity index (χ0n) is 9.56. The zero-order chi connectivity index (χ0) is 12.8. The fourth-order valence-corrected chi connectivity index (χ4v) is 1.97. The highest BCUT2D eigenvalue weighted by Gasteiger charge is 2.17. The number of amides is 3. The van der Waals surface area contributed by atoms with Crippen LogP contribution >= 0.6 is 11.8 Å². The van der Waals surface area contributed by atoms with Crippen molar-refractivity contribution in [2.45, 2.75) is 17.1 Å². The van der Waals surface area contributed by atoms with Gasteiger partial charge in [0.05, 0.1) is 5.25 Å². The molecule has 1 aromatic carbocycles. The second-order valence-electron chi connectivity index (χ2n) is 3.30. The Balaban J connectivity index is 2.60. The van der Waals surface area contributed by atoms with Gasteiger partial charge in [-0.05, 0) is 19.1 Å². The van der Waals surface area contributed by atoms with E-state index in [2.05, 4.69) is 10.6 Å². The molecule has 1 unspecified atom stereocenters. The fourth-order valence-electron chi connectivity index (χ4n) is 1.08. The smallest absolute Gasteiger partial charge is 0.321 e. The molecular weight excluding hydrogens is 240 g/mol. The molecule has 1 aromatic rings. The third-order valence-electron chi connectivity index (χ3n) is 2.00. The first kappa shape index (κ1) is 13.4. The Labute approximate surface area is 104 Å². The summed E-state index contributed by atoms with van der Waals surface area (Å²) in [7, 11) is 1.43. The lowest BCUT2D eigenvalue weighted by Gasteiger charge is -2.11. The normalized spacial score (nSPS) is 11.6. The summed E-state index contributed by atoms with van der Waals surface area (Å²) in [6, 6.07) is 6.19. The van der Waals surface area contributed by atoms with Gasteiger partial charge in [-0.25, -0.2) is 4.79 Å². The first-order chi connectivity index (χ1) is 8.04. The van der Waals surface area contributed by atoms with E-state index in [0.29, 0.717) is 4.90 Å². The van der Waals surface area contributed by atoms with Crippen LogP contribution in [0.3, 0.4) is 0 Å². The molecule has 0 saturated carbocycles. The Hall–Kier alpha value is -1.69. The molecular formula is C11H14N2O3S. The summed E-state index contributed by atoms with van der Waals surface area (Å²) in [6.45, 7) is 1.66. The highest BCUT2D eigenvalue weighted by Crippen LogP contribution is 2.30. The number of urea groups is 1. The second-order valence-corrected chi connectivity index (χ2v) is 4.68. The zero-order valence-corrected chi connectivity index (χ0v) is 10.4. The van der Waals surface area contributed by atoms with Gasteiger partial charge in [0, 0.05) is 11.9 Å². The number of carbonyl (C=O) groups is 2. The minimum absolute atomic E-state index is 0.122. The maximum atomic E-state index is 11.6. The number of aromatic hydroxyl groups is 1. The van der Waals surface area contributed by atoms with E-state index in [0.717, 1.165) is 0 Å². The third-order valence-corrected chi connectivity index (χ3v) is 3.17. The van der Waals surface area contributed by atoms with Crippen molar-refractivity contribution >= 4 is 23.7 Å². The molecule has 0 aromatic heterocycles. The Bertz CT molecular complexity index is 423. The quantitative estimate of drug-likeness (QED) is 0.711. The summed E-state index contributed by atoms with van der Waals surface area (Å²) < 4.78 is 0. The molecule has 0 heterocycles. The topological polar surface area (TPSA) is 78.4 Å². The van der Waals surface area contributed by atoms with Crippen LogP contribution in [0.25, 0.3) is 0 Å². The first-order valence-corrected chi connectivity index (χ1v) is 5.89. The fraction of sp³-hybridized carbons (Fsp3) is 0.273. The maximum Gasteiger partial charge on any atom is 0.321 e. The van der Waals surface area contributed by atoms with Crippen molar-refractivity contribution in [3.8, 4) is 5.75 Å². The Morgan fingerprint density at radius 1 is 1.35 bits per heavy atom. The molecule has 0 bridgehead atoms. The van der Waals surface area contributed by atoms with Crippen LogP contribution in [0, 0.1) is 0 Å². The lowest BCUT2D eigenvalue weighted by Crippen LogP contribution is -2.41. The molecule has 5 nitrogen and oxygen atoms in total. The van der Waals surface area contributed by atoms with Crippen molar-refractivity contribution in [2.75, 3.05) is 7.05 Å². The first-order valence-electron chi connectivity index (χ1n) is 5.02. The molecule has 1 rings (SSSR count). The molecule has 6 heteroatoms. The van der Waals surface area contributed by atoms with Gasteiger partial charge in [0.2, 0.25) is 5.91 Å². The highest BCUT2D eigenvalue weighted by atomic mass is 32.2. The van der Waals surface area contributed by atoms with Crippen LogP contribution in [0.15, 0.2) is 29.2 Å². The maximum absolute atomic E-state index is 11.6. The second kappa shape index (κ2) is 6.15. The van der Waals surface area contributed by atoms with E-state index in [1.54, 1.807) is 31.2 Å². The number of hydrogen-bond donors (Lipinski definition) is 3. The third kappa shape index (κ3) is 3.99. The number of nitrogens with one attached hydrogen (secondary N) is 2. The molecule has 0 spiro atoms. The Morgan fingerprint density at radius 3 is 2.59 bits per heavy atom. The molecule has 17 heavy (non-hydrogen) atoms. The number of phenolic OH excluding ortho intramolecular Hbond substituents is 1. The van der Waals surface area contributed by atoms with Crippen LogP contribution in [0.5, 0.6) is 5.75 Å². The summed E-state index contributed by atoms with van der Waals surface area (Å²) in [4.78, 5) is 23.1. The number of hydrogen-bond acceptors (Lipinski definition) is 4. The van der Waals surface area contributed by atoms with Crippen LogP contribution < -0.4 is 10.6 Å². The van der Waals surface area contributed by atoms with Gasteiger partial charge in [-0.2, -0.15) is 0 Å². The molecule has 3 N–H and O–H groups in total. The van der Waals surface area contributed by atoms with Crippen LogP contribution in [-0.2, 0) is 4.79 Å². The molecule has 0 saturated heterocycles. The van der Waals surface area contributed by atoms with Gasteiger partial charge in [-0.3, -0.25) is 10.1 Å². The van der Waals surface area contributed by atoms with Crippen LogP contribution in [0.4, 0.5) is 4.79 Å². The van der Waals surface area contributed by atoms with Crippen molar-refractivity contribution in [1.29, 1.82) is 0 Å². The minimum Gasteiger partial charge on any atom is -0.507 e. The summed E-state index contributed by atoms with van der Waals surface area (Å²) in [6.07, 6.45) is 0. The molecule has 3 amide bonds. The predicted octanol–water partition coefficient (Wildman–Crippen LogP) is 1.33. The predicted molar refractivity (Wildman–Crippen MR) is 66.0 cm³/mol. The van der Waals surface area contributed by atoms with Crippen molar-refractivity contribution in [2.24, 2.45) is 0 Å². The Morgan fingerprint density at radius 2 is 2.00 bits per heavy atom. The number of rotatable bonds is 3. The highest BCUT2D eigenvalue weighted by molar-refractivity contribution is 8.00. The van der Waals surface area contributed by atoms with Gasteiger partial charge < -0.3 is 10.4 Å². The lowest BCUT2D eigenvalue weighted by molar-refractivity contribution is -0.119. The molecule has 0 aliphatic carbocycles. The number of benzene rings is 1. The van der Waals surface area contributed by atoms with Gasteiger partial charge in [0.1, 0.15) is 5.75 Å². The number of phenols is 1. The van der Waals surface area contributed by atoms with Gasteiger partial charge in [-0.15, -0.1) is 11.8 Å². The number of para-hydroxylation sites is 1. The van der Waals surface area contributed by atoms with Crippen molar-refractivity contribution in [1.82, 2.24) is 10.6 Å². The molecule has 92 valence electrons. The van der Waals surface area contributed by atoms with Crippen molar-refractivity contribution in [3.63, 3.8) is 0 Å². The van der Waals surface area contributed by atoms with E-state index in [9.17, 15) is 14.7 Å². The standard InChI is InChI=1S/C11H14N2O3S/c1-7(10(15)13-11(16)12-2)17-9-6-4-3-5-8(9)14/h3-7,14H,1-2H3,(H2,12,13,15,16).